The van der Waals surface area contributed by atoms with Crippen molar-refractivity contribution in [3.8, 4) is 0 Å². The lowest BCUT2D eigenvalue weighted by atomic mass is 10.3. The number of ether oxygens (including phenoxy) is 2. The number of hydrogen-bond donors (Lipinski definition) is 2. The molecule has 0 saturated heterocycles. The number of aryl methyl sites for hydroxylation is 1. The predicted molar refractivity (Wildman–Crippen MR) is 116 cm³/mol. The van der Waals surface area contributed by atoms with Gasteiger partial charge in [-0.3, -0.25) is 0 Å². The number of halogens is 1. The Bertz CT molecular complexity index is 675. The Morgan fingerprint density at radius 3 is 2.73 bits per heavy atom. The summed E-state index contributed by atoms with van der Waals surface area (Å²) in [5.41, 5.74) is 2.13. The van der Waals surface area contributed by atoms with Crippen LogP contribution in [0.5, 0.6) is 0 Å². The number of nitrogens with zero attached hydrogens (tertiary/aromatic N) is 3. The molecule has 1 aromatic heterocycles. The van der Waals surface area contributed by atoms with Crippen LogP contribution < -0.4 is 10.6 Å². The lowest BCUT2D eigenvalue weighted by Gasteiger charge is -2.11. The molecular weight excluding hydrogens is 445 g/mol. The van der Waals surface area contributed by atoms with Gasteiger partial charge in [0, 0.05) is 33.9 Å². The van der Waals surface area contributed by atoms with Crippen molar-refractivity contribution >= 4 is 41.0 Å². The van der Waals surface area contributed by atoms with Crippen LogP contribution in [-0.4, -0.2) is 55.5 Å². The minimum absolute atomic E-state index is 0. The quantitative estimate of drug-likeness (QED) is 0.239. The highest BCUT2D eigenvalue weighted by atomic mass is 127. The molecule has 0 radical (unpaired) electrons. The standard InChI is InChI=1S/C18H29N5O2.HI/c1-4-19-18(20-10-7-11-25-13-12-24-3)21-14-17-22-15-8-5-6-9-16(15)23(17)2;/h5-6,8-9H,4,7,10-14H2,1-3H3,(H2,19,20,21);1H. The molecule has 146 valence electrons. The second-order valence-electron chi connectivity index (χ2n) is 5.66. The van der Waals surface area contributed by atoms with E-state index in [1.807, 2.05) is 25.2 Å². The van der Waals surface area contributed by atoms with Crippen molar-refractivity contribution in [2.24, 2.45) is 12.0 Å². The summed E-state index contributed by atoms with van der Waals surface area (Å²) in [5.74, 6) is 1.74. The van der Waals surface area contributed by atoms with Crippen LogP contribution in [0.25, 0.3) is 11.0 Å². The highest BCUT2D eigenvalue weighted by molar-refractivity contribution is 14.0. The molecule has 0 amide bonds. The number of rotatable bonds is 10. The molecule has 0 spiro atoms. The van der Waals surface area contributed by atoms with Gasteiger partial charge in [-0.15, -0.1) is 24.0 Å². The van der Waals surface area contributed by atoms with Crippen LogP contribution in [0.2, 0.25) is 0 Å². The predicted octanol–water partition coefficient (Wildman–Crippen LogP) is 2.30. The molecule has 2 rings (SSSR count). The zero-order valence-corrected chi connectivity index (χ0v) is 18.2. The van der Waals surface area contributed by atoms with Crippen LogP contribution in [0.3, 0.4) is 0 Å². The van der Waals surface area contributed by atoms with Crippen molar-refractivity contribution in [2.75, 3.05) is 40.0 Å². The average Bonchev–Trinajstić information content (AvgIpc) is 2.95. The Labute approximate surface area is 172 Å². The van der Waals surface area contributed by atoms with Gasteiger partial charge in [0.25, 0.3) is 0 Å². The molecule has 0 fully saturated rings. The number of aromatic nitrogens is 2. The molecule has 0 atom stereocenters. The summed E-state index contributed by atoms with van der Waals surface area (Å²) in [4.78, 5) is 9.29. The topological polar surface area (TPSA) is 72.7 Å². The van der Waals surface area contributed by atoms with E-state index >= 15 is 0 Å². The van der Waals surface area contributed by atoms with Gasteiger partial charge < -0.3 is 24.7 Å². The van der Waals surface area contributed by atoms with E-state index in [1.165, 1.54) is 0 Å². The summed E-state index contributed by atoms with van der Waals surface area (Å²) in [6, 6.07) is 8.12. The van der Waals surface area contributed by atoms with Crippen LogP contribution in [0, 0.1) is 0 Å². The molecule has 0 aliphatic carbocycles. The number of para-hydroxylation sites is 2. The van der Waals surface area contributed by atoms with E-state index in [2.05, 4.69) is 38.2 Å². The first-order chi connectivity index (χ1) is 12.3. The molecule has 2 N–H and O–H groups in total. The molecular formula is C18H30IN5O2. The molecule has 2 aromatic rings. The molecule has 1 heterocycles. The van der Waals surface area contributed by atoms with Crippen molar-refractivity contribution in [1.82, 2.24) is 20.2 Å². The van der Waals surface area contributed by atoms with E-state index in [0.29, 0.717) is 26.4 Å². The van der Waals surface area contributed by atoms with Gasteiger partial charge in [0.1, 0.15) is 12.4 Å². The summed E-state index contributed by atoms with van der Waals surface area (Å²) in [6.07, 6.45) is 0.917. The molecule has 0 aliphatic rings. The average molecular weight is 475 g/mol. The molecule has 0 saturated carbocycles. The van der Waals surface area contributed by atoms with Gasteiger partial charge in [0.2, 0.25) is 0 Å². The van der Waals surface area contributed by atoms with Gasteiger partial charge >= 0.3 is 0 Å². The SMILES string of the molecule is CCNC(=NCc1nc2ccccc2n1C)NCCCOCCOC.I. The molecule has 26 heavy (non-hydrogen) atoms. The van der Waals surface area contributed by atoms with Crippen molar-refractivity contribution in [2.45, 2.75) is 19.9 Å². The normalized spacial score (nSPS) is 11.4. The maximum atomic E-state index is 5.46. The van der Waals surface area contributed by atoms with Crippen molar-refractivity contribution < 1.29 is 9.47 Å². The highest BCUT2D eigenvalue weighted by Gasteiger charge is 2.06. The number of benzene rings is 1. The third kappa shape index (κ3) is 7.08. The van der Waals surface area contributed by atoms with Gasteiger partial charge in [-0.2, -0.15) is 0 Å². The maximum absolute atomic E-state index is 5.46. The number of methoxy groups -OCH3 is 1. The van der Waals surface area contributed by atoms with Crippen molar-refractivity contribution in [1.29, 1.82) is 0 Å². The second-order valence-corrected chi connectivity index (χ2v) is 5.66. The van der Waals surface area contributed by atoms with Gasteiger partial charge in [-0.05, 0) is 25.5 Å². The minimum Gasteiger partial charge on any atom is -0.382 e. The van der Waals surface area contributed by atoms with Crippen molar-refractivity contribution in [3.05, 3.63) is 30.1 Å². The van der Waals surface area contributed by atoms with E-state index in [0.717, 1.165) is 42.3 Å². The van der Waals surface area contributed by atoms with Crippen LogP contribution >= 0.6 is 24.0 Å². The number of aliphatic imine (C=N–C) groups is 1. The zero-order valence-electron chi connectivity index (χ0n) is 15.8. The summed E-state index contributed by atoms with van der Waals surface area (Å²) in [5, 5.41) is 6.58. The maximum Gasteiger partial charge on any atom is 0.191 e. The largest absolute Gasteiger partial charge is 0.382 e. The number of hydrogen-bond acceptors (Lipinski definition) is 4. The Morgan fingerprint density at radius 2 is 2.00 bits per heavy atom. The first kappa shape index (κ1) is 22.7. The smallest absolute Gasteiger partial charge is 0.191 e. The van der Waals surface area contributed by atoms with Crippen LogP contribution in [0.4, 0.5) is 0 Å². The molecule has 7 nitrogen and oxygen atoms in total. The van der Waals surface area contributed by atoms with E-state index < -0.39 is 0 Å². The molecule has 8 heteroatoms. The summed E-state index contributed by atoms with van der Waals surface area (Å²) in [7, 11) is 3.70. The zero-order chi connectivity index (χ0) is 17.9. The third-order valence-electron chi connectivity index (χ3n) is 3.79. The van der Waals surface area contributed by atoms with Gasteiger partial charge in [-0.25, -0.2) is 9.98 Å². The van der Waals surface area contributed by atoms with Crippen LogP contribution in [-0.2, 0) is 23.1 Å². The van der Waals surface area contributed by atoms with E-state index in [9.17, 15) is 0 Å². The first-order valence-electron chi connectivity index (χ1n) is 8.75. The third-order valence-corrected chi connectivity index (χ3v) is 3.79. The fourth-order valence-electron chi connectivity index (χ4n) is 2.45. The van der Waals surface area contributed by atoms with E-state index in [1.54, 1.807) is 7.11 Å². The Hall–Kier alpha value is -1.39. The Balaban J connectivity index is 0.00000338. The Kier molecular flexibility index (Phi) is 11.2. The monoisotopic (exact) mass is 475 g/mol. The summed E-state index contributed by atoms with van der Waals surface area (Å²) >= 11 is 0. The number of imidazole rings is 1. The molecule has 1 aromatic carbocycles. The number of guanidine groups is 1. The van der Waals surface area contributed by atoms with Gasteiger partial charge in [0.05, 0.1) is 24.2 Å². The number of nitrogens with one attached hydrogen (secondary N) is 2. The lowest BCUT2D eigenvalue weighted by Crippen LogP contribution is -2.38. The number of fused-ring (bicyclic) bond motifs is 1. The second kappa shape index (κ2) is 12.9. The van der Waals surface area contributed by atoms with E-state index in [4.69, 9.17) is 9.47 Å². The van der Waals surface area contributed by atoms with Gasteiger partial charge in [-0.1, -0.05) is 12.1 Å². The lowest BCUT2D eigenvalue weighted by molar-refractivity contribution is 0.0698. The summed E-state index contributed by atoms with van der Waals surface area (Å²) in [6.45, 7) is 6.19. The minimum atomic E-state index is 0. The summed E-state index contributed by atoms with van der Waals surface area (Å²) < 4.78 is 12.5. The van der Waals surface area contributed by atoms with Crippen LogP contribution in [0.15, 0.2) is 29.3 Å². The van der Waals surface area contributed by atoms with Crippen LogP contribution in [0.1, 0.15) is 19.2 Å². The van der Waals surface area contributed by atoms with E-state index in [-0.39, 0.29) is 24.0 Å². The first-order valence-corrected chi connectivity index (χ1v) is 8.75. The highest BCUT2D eigenvalue weighted by Crippen LogP contribution is 2.14. The Morgan fingerprint density at radius 1 is 1.19 bits per heavy atom. The van der Waals surface area contributed by atoms with Crippen molar-refractivity contribution in [3.63, 3.8) is 0 Å². The molecule has 0 aliphatic heterocycles. The molecule has 0 bridgehead atoms. The fraction of sp³-hybridized carbons (Fsp3) is 0.556. The molecule has 0 unspecified atom stereocenters. The fourth-order valence-corrected chi connectivity index (χ4v) is 2.45. The van der Waals surface area contributed by atoms with Gasteiger partial charge in [0.15, 0.2) is 5.96 Å².